The summed E-state index contributed by atoms with van der Waals surface area (Å²) in [4.78, 5) is 11.3. The number of ether oxygens (including phenoxy) is 1. The predicted molar refractivity (Wildman–Crippen MR) is 57.5 cm³/mol. The standard InChI is InChI=1S/C12H15NO2/c1-12(2)9(11(13)14)7-8-5-3-4-6-10(8)15-12/h3-6,9H,7H2,1-2H3,(H2,13,14). The Kier molecular flexibility index (Phi) is 2.18. The van der Waals surface area contributed by atoms with Crippen molar-refractivity contribution in [1.82, 2.24) is 0 Å². The zero-order valence-corrected chi connectivity index (χ0v) is 8.99. The molecule has 2 N–H and O–H groups in total. The van der Waals surface area contributed by atoms with Crippen molar-refractivity contribution in [3.8, 4) is 5.75 Å². The number of carbonyl (C=O) groups excluding carboxylic acids is 1. The van der Waals surface area contributed by atoms with Gasteiger partial charge in [0.1, 0.15) is 11.4 Å². The molecule has 0 spiro atoms. The molecule has 1 aliphatic heterocycles. The fraction of sp³-hybridized carbons (Fsp3) is 0.417. The summed E-state index contributed by atoms with van der Waals surface area (Å²) in [5.74, 6) is 0.307. The molecule has 1 aromatic rings. The molecule has 1 aliphatic rings. The lowest BCUT2D eigenvalue weighted by Crippen LogP contribution is -2.48. The van der Waals surface area contributed by atoms with Crippen molar-refractivity contribution in [3.05, 3.63) is 29.8 Å². The van der Waals surface area contributed by atoms with E-state index in [-0.39, 0.29) is 11.8 Å². The van der Waals surface area contributed by atoms with Crippen LogP contribution in [0.5, 0.6) is 5.75 Å². The van der Waals surface area contributed by atoms with Crippen molar-refractivity contribution in [2.24, 2.45) is 11.7 Å². The first-order chi connectivity index (χ1) is 7.00. The molecule has 0 radical (unpaired) electrons. The second-order valence-corrected chi connectivity index (χ2v) is 4.47. The van der Waals surface area contributed by atoms with Crippen molar-refractivity contribution in [1.29, 1.82) is 0 Å². The second kappa shape index (κ2) is 3.26. The third kappa shape index (κ3) is 1.69. The zero-order chi connectivity index (χ0) is 11.1. The van der Waals surface area contributed by atoms with Crippen LogP contribution in [-0.4, -0.2) is 11.5 Å². The van der Waals surface area contributed by atoms with Gasteiger partial charge in [0.15, 0.2) is 0 Å². The van der Waals surface area contributed by atoms with Crippen LogP contribution in [-0.2, 0) is 11.2 Å². The highest BCUT2D eigenvalue weighted by Gasteiger charge is 2.40. The van der Waals surface area contributed by atoms with Gasteiger partial charge in [0, 0.05) is 0 Å². The highest BCUT2D eigenvalue weighted by Crippen LogP contribution is 2.36. The fourth-order valence-corrected chi connectivity index (χ4v) is 2.04. The maximum atomic E-state index is 11.3. The van der Waals surface area contributed by atoms with Crippen molar-refractivity contribution < 1.29 is 9.53 Å². The van der Waals surface area contributed by atoms with Gasteiger partial charge in [-0.15, -0.1) is 0 Å². The number of carbonyl (C=O) groups is 1. The van der Waals surface area contributed by atoms with Gasteiger partial charge in [-0.3, -0.25) is 4.79 Å². The van der Waals surface area contributed by atoms with Gasteiger partial charge in [-0.25, -0.2) is 0 Å². The van der Waals surface area contributed by atoms with E-state index in [9.17, 15) is 4.79 Å². The third-order valence-corrected chi connectivity index (χ3v) is 2.95. The number of rotatable bonds is 1. The lowest BCUT2D eigenvalue weighted by Gasteiger charge is -2.38. The Labute approximate surface area is 89.2 Å². The minimum Gasteiger partial charge on any atom is -0.487 e. The van der Waals surface area contributed by atoms with Gasteiger partial charge in [0.25, 0.3) is 0 Å². The Morgan fingerprint density at radius 2 is 2.13 bits per heavy atom. The van der Waals surface area contributed by atoms with Crippen LogP contribution >= 0.6 is 0 Å². The molecule has 1 amide bonds. The van der Waals surface area contributed by atoms with E-state index in [4.69, 9.17) is 10.5 Å². The van der Waals surface area contributed by atoms with E-state index in [1.807, 2.05) is 38.1 Å². The maximum absolute atomic E-state index is 11.3. The zero-order valence-electron chi connectivity index (χ0n) is 8.99. The van der Waals surface area contributed by atoms with Crippen molar-refractivity contribution >= 4 is 5.91 Å². The molecule has 0 saturated carbocycles. The summed E-state index contributed by atoms with van der Waals surface area (Å²) in [6.07, 6.45) is 0.665. The van der Waals surface area contributed by atoms with E-state index >= 15 is 0 Å². The number of benzene rings is 1. The molecule has 1 heterocycles. The Morgan fingerprint density at radius 3 is 2.80 bits per heavy atom. The summed E-state index contributed by atoms with van der Waals surface area (Å²) in [6.45, 7) is 3.80. The monoisotopic (exact) mass is 205 g/mol. The molecule has 0 aromatic heterocycles. The van der Waals surface area contributed by atoms with Crippen molar-refractivity contribution in [3.63, 3.8) is 0 Å². The molecule has 1 unspecified atom stereocenters. The summed E-state index contributed by atoms with van der Waals surface area (Å²) < 4.78 is 5.79. The van der Waals surface area contributed by atoms with Gasteiger partial charge in [-0.2, -0.15) is 0 Å². The minimum absolute atomic E-state index is 0.257. The minimum atomic E-state index is -0.514. The lowest BCUT2D eigenvalue weighted by molar-refractivity contribution is -0.128. The Bertz CT molecular complexity index is 398. The summed E-state index contributed by atoms with van der Waals surface area (Å²) >= 11 is 0. The smallest absolute Gasteiger partial charge is 0.224 e. The number of hydrogen-bond donors (Lipinski definition) is 1. The first kappa shape index (κ1) is 10.0. The van der Waals surface area contributed by atoms with Crippen LogP contribution < -0.4 is 10.5 Å². The quantitative estimate of drug-likeness (QED) is 0.755. The number of primary amides is 1. The molecule has 0 saturated heterocycles. The van der Waals surface area contributed by atoms with Gasteiger partial charge >= 0.3 is 0 Å². The molecule has 1 atom stereocenters. The van der Waals surface area contributed by atoms with Crippen molar-refractivity contribution in [2.45, 2.75) is 25.9 Å². The molecule has 0 fully saturated rings. The molecule has 80 valence electrons. The Hall–Kier alpha value is -1.51. The number of amides is 1. The molecule has 0 aliphatic carbocycles. The third-order valence-electron chi connectivity index (χ3n) is 2.95. The van der Waals surface area contributed by atoms with E-state index in [2.05, 4.69) is 0 Å². The van der Waals surface area contributed by atoms with E-state index in [0.29, 0.717) is 6.42 Å². The molecule has 0 bridgehead atoms. The molecular weight excluding hydrogens is 190 g/mol. The normalized spacial score (nSPS) is 22.7. The predicted octanol–water partition coefficient (Wildman–Crippen LogP) is 1.50. The average Bonchev–Trinajstić information content (AvgIpc) is 2.14. The number of fused-ring (bicyclic) bond motifs is 1. The molecule has 1 aromatic carbocycles. The Morgan fingerprint density at radius 1 is 1.47 bits per heavy atom. The van der Waals surface area contributed by atoms with Crippen LogP contribution in [0.15, 0.2) is 24.3 Å². The second-order valence-electron chi connectivity index (χ2n) is 4.47. The Balaban J connectivity index is 2.40. The molecule has 3 heteroatoms. The van der Waals surface area contributed by atoms with E-state index in [1.54, 1.807) is 0 Å². The maximum Gasteiger partial charge on any atom is 0.224 e. The molecule has 2 rings (SSSR count). The van der Waals surface area contributed by atoms with Crippen LogP contribution in [0.3, 0.4) is 0 Å². The highest BCUT2D eigenvalue weighted by molar-refractivity contribution is 5.78. The van der Waals surface area contributed by atoms with Crippen LogP contribution in [0.2, 0.25) is 0 Å². The van der Waals surface area contributed by atoms with Crippen LogP contribution in [0.4, 0.5) is 0 Å². The van der Waals surface area contributed by atoms with Crippen molar-refractivity contribution in [2.75, 3.05) is 0 Å². The molecule has 15 heavy (non-hydrogen) atoms. The van der Waals surface area contributed by atoms with Gasteiger partial charge in [0.2, 0.25) is 5.91 Å². The largest absolute Gasteiger partial charge is 0.487 e. The average molecular weight is 205 g/mol. The van der Waals surface area contributed by atoms with Crippen LogP contribution in [0, 0.1) is 5.92 Å². The summed E-state index contributed by atoms with van der Waals surface area (Å²) in [7, 11) is 0. The molecular formula is C12H15NO2. The van der Waals surface area contributed by atoms with Gasteiger partial charge in [-0.05, 0) is 31.9 Å². The first-order valence-electron chi connectivity index (χ1n) is 5.07. The van der Waals surface area contributed by atoms with Gasteiger partial charge < -0.3 is 10.5 Å². The van der Waals surface area contributed by atoms with E-state index in [1.165, 1.54) is 0 Å². The highest BCUT2D eigenvalue weighted by atomic mass is 16.5. The number of para-hydroxylation sites is 1. The van der Waals surface area contributed by atoms with Crippen LogP contribution in [0.1, 0.15) is 19.4 Å². The van der Waals surface area contributed by atoms with Gasteiger partial charge in [0.05, 0.1) is 5.92 Å². The summed E-state index contributed by atoms with van der Waals surface area (Å²) in [6, 6.07) is 7.77. The van der Waals surface area contributed by atoms with Crippen LogP contribution in [0.25, 0.3) is 0 Å². The number of hydrogen-bond acceptors (Lipinski definition) is 2. The summed E-state index contributed by atoms with van der Waals surface area (Å²) in [5.41, 5.74) is 5.92. The fourth-order valence-electron chi connectivity index (χ4n) is 2.04. The van der Waals surface area contributed by atoms with E-state index in [0.717, 1.165) is 11.3 Å². The topological polar surface area (TPSA) is 52.3 Å². The van der Waals surface area contributed by atoms with E-state index < -0.39 is 5.60 Å². The SMILES string of the molecule is CC1(C)Oc2ccccc2CC1C(N)=O. The summed E-state index contributed by atoms with van der Waals surface area (Å²) in [5, 5.41) is 0. The van der Waals surface area contributed by atoms with Gasteiger partial charge in [-0.1, -0.05) is 18.2 Å². The number of nitrogens with two attached hydrogens (primary N) is 1. The molecule has 3 nitrogen and oxygen atoms in total. The lowest BCUT2D eigenvalue weighted by atomic mass is 9.82. The first-order valence-corrected chi connectivity index (χ1v) is 5.07.